The number of hydrogen-bond acceptors (Lipinski definition) is 1. The number of hydrogen-bond donors (Lipinski definition) is 0. The van der Waals surface area contributed by atoms with E-state index in [4.69, 9.17) is 0 Å². The lowest BCUT2D eigenvalue weighted by Gasteiger charge is -2.59. The predicted molar refractivity (Wildman–Crippen MR) is 89.4 cm³/mol. The molecule has 0 aliphatic heterocycles. The third-order valence-corrected chi connectivity index (χ3v) is 9.07. The van der Waals surface area contributed by atoms with Crippen LogP contribution in [-0.4, -0.2) is 10.6 Å². The van der Waals surface area contributed by atoms with Gasteiger partial charge in [0.05, 0.1) is 4.83 Å². The lowest BCUT2D eigenvalue weighted by molar-refractivity contribution is -0.138. The molecule has 118 valence electrons. The smallest absolute Gasteiger partial charge is 0.152 e. The second kappa shape index (κ2) is 4.82. The Kier molecular flexibility index (Phi) is 3.38. The van der Waals surface area contributed by atoms with Crippen LogP contribution in [0.5, 0.6) is 0 Å². The van der Waals surface area contributed by atoms with Crippen molar-refractivity contribution in [2.75, 3.05) is 0 Å². The van der Waals surface area contributed by atoms with Gasteiger partial charge in [-0.05, 0) is 74.0 Å². The molecular weight excluding hydrogens is 324 g/mol. The van der Waals surface area contributed by atoms with E-state index < -0.39 is 0 Å². The van der Waals surface area contributed by atoms with Crippen LogP contribution in [0.2, 0.25) is 0 Å². The summed E-state index contributed by atoms with van der Waals surface area (Å²) in [7, 11) is 0. The molecule has 0 aromatic heterocycles. The highest BCUT2D eigenvalue weighted by Gasteiger charge is 2.61. The molecule has 0 aromatic carbocycles. The van der Waals surface area contributed by atoms with Gasteiger partial charge in [-0.1, -0.05) is 42.6 Å². The molecular formula is C19H29BrO. The highest BCUT2D eigenvalue weighted by atomic mass is 79.9. The molecule has 0 amide bonds. The molecule has 0 heterocycles. The van der Waals surface area contributed by atoms with Crippen LogP contribution in [0.3, 0.4) is 0 Å². The zero-order chi connectivity index (χ0) is 14.8. The molecule has 0 unspecified atom stereocenters. The summed E-state index contributed by atoms with van der Waals surface area (Å²) in [6.07, 6.45) is 12.2. The molecule has 4 fully saturated rings. The van der Waals surface area contributed by atoms with Crippen LogP contribution in [-0.2, 0) is 4.79 Å². The number of halogens is 1. The molecule has 0 radical (unpaired) electrons. The first kappa shape index (κ1) is 14.7. The van der Waals surface area contributed by atoms with E-state index in [0.29, 0.717) is 17.1 Å². The fourth-order valence-electron chi connectivity index (χ4n) is 7.04. The number of fused-ring (bicyclic) bond motifs is 5. The highest BCUT2D eigenvalue weighted by molar-refractivity contribution is 9.10. The van der Waals surface area contributed by atoms with Crippen LogP contribution in [0.1, 0.15) is 71.6 Å². The van der Waals surface area contributed by atoms with E-state index in [1.165, 1.54) is 44.9 Å². The topological polar surface area (TPSA) is 17.1 Å². The lowest BCUT2D eigenvalue weighted by atomic mass is 9.45. The van der Waals surface area contributed by atoms with Crippen LogP contribution in [0.15, 0.2) is 0 Å². The second-order valence-electron chi connectivity index (χ2n) is 8.93. The minimum atomic E-state index is -0.00675. The Balaban J connectivity index is 1.67. The van der Waals surface area contributed by atoms with E-state index in [9.17, 15) is 4.79 Å². The van der Waals surface area contributed by atoms with E-state index in [0.717, 1.165) is 30.6 Å². The zero-order valence-corrected chi connectivity index (χ0v) is 15.1. The first-order chi connectivity index (χ1) is 9.97. The van der Waals surface area contributed by atoms with Crippen molar-refractivity contribution in [2.24, 2.45) is 34.5 Å². The van der Waals surface area contributed by atoms with Crippen molar-refractivity contribution in [3.8, 4) is 0 Å². The Morgan fingerprint density at radius 2 is 1.81 bits per heavy atom. The summed E-state index contributed by atoms with van der Waals surface area (Å²) >= 11 is 3.68. The minimum absolute atomic E-state index is 0.00675. The number of alkyl halides is 1. The molecule has 21 heavy (non-hydrogen) atoms. The van der Waals surface area contributed by atoms with Gasteiger partial charge in [-0.3, -0.25) is 4.79 Å². The molecule has 0 N–H and O–H groups in total. The molecule has 4 rings (SSSR count). The quantitative estimate of drug-likeness (QED) is 0.536. The van der Waals surface area contributed by atoms with Crippen molar-refractivity contribution in [1.82, 2.24) is 0 Å². The van der Waals surface area contributed by atoms with Gasteiger partial charge in [0.15, 0.2) is 5.78 Å². The number of carbonyl (C=O) groups is 1. The largest absolute Gasteiger partial charge is 0.298 e. The van der Waals surface area contributed by atoms with Gasteiger partial charge in [-0.2, -0.15) is 0 Å². The standard InChI is InChI=1S/C19H29BrO/c1-18-9-4-3-5-12(18)6-7-13-14(18)8-10-19(2)15(13)11-16(20)17(19)21/h12-16H,3-11H2,1-2H3/t12-,13+,14-,15-,16-,18+,19+/m1/s1. The molecule has 4 aliphatic carbocycles. The van der Waals surface area contributed by atoms with Gasteiger partial charge in [0.2, 0.25) is 0 Å². The van der Waals surface area contributed by atoms with Crippen molar-refractivity contribution < 1.29 is 4.79 Å². The maximum atomic E-state index is 12.7. The Morgan fingerprint density at radius 3 is 2.62 bits per heavy atom. The summed E-state index contributed by atoms with van der Waals surface area (Å²) in [5.41, 5.74) is 0.586. The maximum Gasteiger partial charge on any atom is 0.152 e. The SMILES string of the molecule is C[C@]12CCCC[C@@H]1CC[C@H]1[C@H]2CC[C@]2(C)C(=O)[C@H](Br)C[C@H]12. The third-order valence-electron chi connectivity index (χ3n) is 8.28. The van der Waals surface area contributed by atoms with Crippen LogP contribution < -0.4 is 0 Å². The second-order valence-corrected chi connectivity index (χ2v) is 10.0. The average Bonchev–Trinajstić information content (AvgIpc) is 2.70. The van der Waals surface area contributed by atoms with Crippen molar-refractivity contribution in [2.45, 2.75) is 76.5 Å². The Morgan fingerprint density at radius 1 is 1.00 bits per heavy atom. The van der Waals surface area contributed by atoms with Gasteiger partial charge in [0, 0.05) is 5.41 Å². The van der Waals surface area contributed by atoms with Gasteiger partial charge < -0.3 is 0 Å². The van der Waals surface area contributed by atoms with E-state index in [-0.39, 0.29) is 10.2 Å². The van der Waals surface area contributed by atoms with Gasteiger partial charge in [0.25, 0.3) is 0 Å². The van der Waals surface area contributed by atoms with Crippen LogP contribution in [0.4, 0.5) is 0 Å². The lowest BCUT2D eigenvalue weighted by Crippen LogP contribution is -2.52. The fraction of sp³-hybridized carbons (Fsp3) is 0.947. The van der Waals surface area contributed by atoms with Gasteiger partial charge in [0.1, 0.15) is 0 Å². The fourth-order valence-corrected chi connectivity index (χ4v) is 7.97. The summed E-state index contributed by atoms with van der Waals surface area (Å²) in [5.74, 6) is 3.89. The normalized spacial score (nSPS) is 56.5. The molecule has 7 atom stereocenters. The predicted octanol–water partition coefficient (Wildman–Crippen LogP) is 5.36. The van der Waals surface area contributed by atoms with E-state index in [1.54, 1.807) is 0 Å². The monoisotopic (exact) mass is 352 g/mol. The van der Waals surface area contributed by atoms with E-state index >= 15 is 0 Å². The number of carbonyl (C=O) groups excluding carboxylic acids is 1. The molecule has 2 heteroatoms. The molecule has 0 saturated heterocycles. The van der Waals surface area contributed by atoms with Crippen molar-refractivity contribution in [1.29, 1.82) is 0 Å². The van der Waals surface area contributed by atoms with Gasteiger partial charge in [-0.25, -0.2) is 0 Å². The summed E-state index contributed by atoms with van der Waals surface area (Å²) in [6.45, 7) is 4.89. The molecule has 0 spiro atoms. The molecule has 0 aromatic rings. The summed E-state index contributed by atoms with van der Waals surface area (Å²) < 4.78 is 0. The summed E-state index contributed by atoms with van der Waals surface area (Å²) in [5, 5.41) is 0. The zero-order valence-electron chi connectivity index (χ0n) is 13.5. The van der Waals surface area contributed by atoms with Crippen molar-refractivity contribution in [3.63, 3.8) is 0 Å². The minimum Gasteiger partial charge on any atom is -0.298 e. The first-order valence-electron chi connectivity index (χ1n) is 9.15. The van der Waals surface area contributed by atoms with Crippen LogP contribution in [0, 0.1) is 34.5 Å². The van der Waals surface area contributed by atoms with Gasteiger partial charge in [-0.15, -0.1) is 0 Å². The maximum absolute atomic E-state index is 12.7. The first-order valence-corrected chi connectivity index (χ1v) is 10.1. The summed E-state index contributed by atoms with van der Waals surface area (Å²) in [6, 6.07) is 0. The molecule has 4 aliphatic rings. The Labute approximate surface area is 137 Å². The van der Waals surface area contributed by atoms with Crippen LogP contribution in [0.25, 0.3) is 0 Å². The Bertz CT molecular complexity index is 460. The van der Waals surface area contributed by atoms with Crippen molar-refractivity contribution >= 4 is 21.7 Å². The molecule has 4 saturated carbocycles. The van der Waals surface area contributed by atoms with E-state index in [2.05, 4.69) is 29.8 Å². The number of ketones is 1. The number of Topliss-reactive ketones (excluding diaryl/α,β-unsaturated/α-hetero) is 1. The molecule has 0 bridgehead atoms. The third kappa shape index (κ3) is 1.90. The van der Waals surface area contributed by atoms with E-state index in [1.807, 2.05) is 0 Å². The highest BCUT2D eigenvalue weighted by Crippen LogP contribution is 2.65. The van der Waals surface area contributed by atoms with Crippen molar-refractivity contribution in [3.05, 3.63) is 0 Å². The number of rotatable bonds is 0. The van der Waals surface area contributed by atoms with Gasteiger partial charge >= 0.3 is 0 Å². The van der Waals surface area contributed by atoms with Crippen LogP contribution >= 0.6 is 15.9 Å². The summed E-state index contributed by atoms with van der Waals surface area (Å²) in [4.78, 5) is 12.8. The molecule has 1 nitrogen and oxygen atoms in total. The average molecular weight is 353 g/mol. The Hall–Kier alpha value is 0.150.